The first-order chi connectivity index (χ1) is 4.72. The lowest BCUT2D eigenvalue weighted by molar-refractivity contribution is 1.14. The molecule has 3 N–H and O–H groups in total. The molecule has 54 valence electrons. The van der Waals surface area contributed by atoms with Gasteiger partial charge in [-0.1, -0.05) is 11.6 Å². The van der Waals surface area contributed by atoms with Gasteiger partial charge in [0.15, 0.2) is 0 Å². The van der Waals surface area contributed by atoms with Crippen LogP contribution in [-0.2, 0) is 0 Å². The van der Waals surface area contributed by atoms with Gasteiger partial charge in [-0.3, -0.25) is 0 Å². The van der Waals surface area contributed by atoms with Crippen LogP contribution in [0.25, 0.3) is 0 Å². The van der Waals surface area contributed by atoms with Gasteiger partial charge in [0.05, 0.1) is 0 Å². The number of nitrogens with zero attached hydrogens (tertiary/aromatic N) is 2. The highest BCUT2D eigenvalue weighted by molar-refractivity contribution is 6.32. The van der Waals surface area contributed by atoms with Gasteiger partial charge in [0.25, 0.3) is 0 Å². The first kappa shape index (κ1) is 7.53. The van der Waals surface area contributed by atoms with Crippen molar-refractivity contribution in [1.29, 1.82) is 0 Å². The smallest absolute Gasteiger partial charge is 0.225 e. The Hall–Kier alpha value is -0.580. The van der Waals surface area contributed by atoms with E-state index in [4.69, 9.17) is 29.0 Å². The van der Waals surface area contributed by atoms with Crippen molar-refractivity contribution in [1.82, 2.24) is 9.97 Å². The molecule has 0 saturated heterocycles. The van der Waals surface area contributed by atoms with E-state index in [-0.39, 0.29) is 10.4 Å². The molecule has 1 aromatic heterocycles. The number of hydrazine groups is 1. The van der Waals surface area contributed by atoms with E-state index in [0.717, 1.165) is 0 Å². The minimum absolute atomic E-state index is 0.0699. The number of nitrogens with two attached hydrogens (primary N) is 1. The summed E-state index contributed by atoms with van der Waals surface area (Å²) in [5.74, 6) is 5.42. The van der Waals surface area contributed by atoms with E-state index < -0.39 is 0 Å². The van der Waals surface area contributed by atoms with Crippen LogP contribution in [0.5, 0.6) is 0 Å². The van der Waals surface area contributed by atoms with Crippen LogP contribution in [0.2, 0.25) is 10.4 Å². The van der Waals surface area contributed by atoms with Crippen LogP contribution >= 0.6 is 23.2 Å². The average molecular weight is 179 g/mol. The van der Waals surface area contributed by atoms with E-state index in [2.05, 4.69) is 15.4 Å². The zero-order valence-electron chi connectivity index (χ0n) is 4.81. The molecule has 1 aromatic rings. The average Bonchev–Trinajstić information content (AvgIpc) is 1.85. The van der Waals surface area contributed by atoms with E-state index >= 15 is 0 Å². The summed E-state index contributed by atoms with van der Waals surface area (Å²) in [5, 5.41) is 0.327. The van der Waals surface area contributed by atoms with Crippen molar-refractivity contribution >= 4 is 29.0 Å². The first-order valence-electron chi connectivity index (χ1n) is 2.39. The van der Waals surface area contributed by atoms with E-state index in [0.29, 0.717) is 5.82 Å². The topological polar surface area (TPSA) is 63.8 Å². The predicted octanol–water partition coefficient (Wildman–Crippen LogP) is 1.07. The summed E-state index contributed by atoms with van der Waals surface area (Å²) < 4.78 is 0. The minimum Gasteiger partial charge on any atom is -0.308 e. The highest BCUT2D eigenvalue weighted by atomic mass is 35.5. The van der Waals surface area contributed by atoms with E-state index in [1.807, 2.05) is 0 Å². The second-order valence-corrected chi connectivity index (χ2v) is 2.21. The summed E-state index contributed by atoms with van der Waals surface area (Å²) in [6, 6.07) is 1.47. The van der Waals surface area contributed by atoms with Gasteiger partial charge >= 0.3 is 0 Å². The molecule has 0 unspecified atom stereocenters. The standard InChI is InChI=1S/C4H4Cl2N4/c5-2-1-3(10-7)9-4(6)8-2/h1H,7H2,(H,8,9,10). The fourth-order valence-electron chi connectivity index (χ4n) is 0.464. The van der Waals surface area contributed by atoms with E-state index in [1.165, 1.54) is 6.07 Å². The lowest BCUT2D eigenvalue weighted by Gasteiger charge is -1.97. The van der Waals surface area contributed by atoms with Gasteiger partial charge in [0.1, 0.15) is 11.0 Å². The Morgan fingerprint density at radius 3 is 2.60 bits per heavy atom. The zero-order chi connectivity index (χ0) is 7.56. The van der Waals surface area contributed by atoms with Crippen molar-refractivity contribution in [3.8, 4) is 0 Å². The Morgan fingerprint density at radius 1 is 1.40 bits per heavy atom. The number of anilines is 1. The van der Waals surface area contributed by atoms with Crippen LogP contribution in [-0.4, -0.2) is 9.97 Å². The summed E-state index contributed by atoms with van der Waals surface area (Å²) in [4.78, 5) is 7.29. The Kier molecular flexibility index (Phi) is 2.26. The molecule has 0 aliphatic carbocycles. The first-order valence-corrected chi connectivity index (χ1v) is 3.14. The molecular weight excluding hydrogens is 175 g/mol. The number of rotatable bonds is 1. The number of nitrogens with one attached hydrogen (secondary N) is 1. The molecule has 0 fully saturated rings. The van der Waals surface area contributed by atoms with Crippen molar-refractivity contribution in [2.24, 2.45) is 5.84 Å². The molecule has 0 aliphatic rings. The molecule has 10 heavy (non-hydrogen) atoms. The van der Waals surface area contributed by atoms with Crippen molar-refractivity contribution < 1.29 is 0 Å². The van der Waals surface area contributed by atoms with Crippen LogP contribution in [0.1, 0.15) is 0 Å². The van der Waals surface area contributed by atoms with Crippen LogP contribution < -0.4 is 11.3 Å². The maximum Gasteiger partial charge on any atom is 0.225 e. The SMILES string of the molecule is NNc1cc(Cl)nc(Cl)n1. The van der Waals surface area contributed by atoms with E-state index in [9.17, 15) is 0 Å². The number of nitrogen functional groups attached to an aromatic ring is 1. The maximum absolute atomic E-state index is 5.50. The summed E-state index contributed by atoms with van der Waals surface area (Å²) in [6.07, 6.45) is 0. The van der Waals surface area contributed by atoms with Crippen LogP contribution in [0.3, 0.4) is 0 Å². The van der Waals surface area contributed by atoms with Crippen molar-refractivity contribution in [3.63, 3.8) is 0 Å². The second-order valence-electron chi connectivity index (χ2n) is 1.49. The molecule has 0 amide bonds. The number of halogens is 2. The monoisotopic (exact) mass is 178 g/mol. The summed E-state index contributed by atoms with van der Waals surface area (Å²) in [5.41, 5.74) is 2.29. The Bertz CT molecular complexity index is 218. The third kappa shape index (κ3) is 1.70. The molecule has 1 heterocycles. The van der Waals surface area contributed by atoms with Crippen molar-refractivity contribution in [2.45, 2.75) is 0 Å². The molecule has 0 radical (unpaired) electrons. The molecular formula is C4H4Cl2N4. The second kappa shape index (κ2) is 3.01. The van der Waals surface area contributed by atoms with Crippen LogP contribution in [0, 0.1) is 0 Å². The number of hydrogen-bond acceptors (Lipinski definition) is 4. The van der Waals surface area contributed by atoms with Crippen LogP contribution in [0.4, 0.5) is 5.82 Å². The maximum atomic E-state index is 5.50. The predicted molar refractivity (Wildman–Crippen MR) is 39.9 cm³/mol. The van der Waals surface area contributed by atoms with E-state index in [1.54, 1.807) is 0 Å². The highest BCUT2D eigenvalue weighted by Gasteiger charge is 1.97. The fraction of sp³-hybridized carbons (Fsp3) is 0. The van der Waals surface area contributed by atoms with Gasteiger partial charge in [0.2, 0.25) is 5.28 Å². The van der Waals surface area contributed by atoms with Gasteiger partial charge in [-0.15, -0.1) is 0 Å². The quantitative estimate of drug-likeness (QED) is 0.293. The highest BCUT2D eigenvalue weighted by Crippen LogP contribution is 2.12. The van der Waals surface area contributed by atoms with Crippen molar-refractivity contribution in [2.75, 3.05) is 5.43 Å². The van der Waals surface area contributed by atoms with Crippen LogP contribution in [0.15, 0.2) is 6.07 Å². The molecule has 0 saturated carbocycles. The van der Waals surface area contributed by atoms with Gasteiger partial charge in [-0.05, 0) is 11.6 Å². The molecule has 0 atom stereocenters. The third-order valence-electron chi connectivity index (χ3n) is 0.815. The van der Waals surface area contributed by atoms with Gasteiger partial charge < -0.3 is 5.43 Å². The van der Waals surface area contributed by atoms with Gasteiger partial charge in [0, 0.05) is 6.07 Å². The van der Waals surface area contributed by atoms with Gasteiger partial charge in [-0.2, -0.15) is 4.98 Å². The molecule has 0 aliphatic heterocycles. The number of aromatic nitrogens is 2. The summed E-state index contributed by atoms with van der Waals surface area (Å²) >= 11 is 10.9. The molecule has 0 spiro atoms. The lowest BCUT2D eigenvalue weighted by Crippen LogP contribution is -2.08. The molecule has 1 rings (SSSR count). The summed E-state index contributed by atoms with van der Waals surface area (Å²) in [7, 11) is 0. The zero-order valence-corrected chi connectivity index (χ0v) is 6.32. The lowest BCUT2D eigenvalue weighted by atomic mass is 10.6. The van der Waals surface area contributed by atoms with Gasteiger partial charge in [-0.25, -0.2) is 10.8 Å². The Morgan fingerprint density at radius 2 is 2.10 bits per heavy atom. The Balaban J connectivity index is 3.06. The fourth-order valence-corrected chi connectivity index (χ4v) is 0.873. The molecule has 0 bridgehead atoms. The molecule has 4 nitrogen and oxygen atoms in total. The Labute approximate surface area is 67.3 Å². The number of hydrogen-bond donors (Lipinski definition) is 2. The van der Waals surface area contributed by atoms with Crippen molar-refractivity contribution in [3.05, 3.63) is 16.5 Å². The third-order valence-corrected chi connectivity index (χ3v) is 1.18. The normalized spacial score (nSPS) is 9.50. The minimum atomic E-state index is 0.0699. The summed E-state index contributed by atoms with van der Waals surface area (Å²) in [6.45, 7) is 0. The molecule has 0 aromatic carbocycles. The molecule has 6 heteroatoms. The largest absolute Gasteiger partial charge is 0.308 e.